The van der Waals surface area contributed by atoms with Crippen LogP contribution >= 0.6 is 22.2 Å². The van der Waals surface area contributed by atoms with Gasteiger partial charge in [-0.2, -0.15) is 0 Å². The highest BCUT2D eigenvalue weighted by Crippen LogP contribution is 2.15. The summed E-state index contributed by atoms with van der Waals surface area (Å²) in [5.74, 6) is 0. The minimum atomic E-state index is -1.68. The number of nitrogens with zero attached hydrogens (tertiary/aromatic N) is 1. The Kier molecular flexibility index (Phi) is 5.68. The molecule has 0 aliphatic heterocycles. The summed E-state index contributed by atoms with van der Waals surface area (Å²) in [6, 6.07) is 0. The Labute approximate surface area is 105 Å². The summed E-state index contributed by atoms with van der Waals surface area (Å²) in [7, 11) is -1.68. The summed E-state index contributed by atoms with van der Waals surface area (Å²) in [6.07, 6.45) is 1.95. The molecule has 0 saturated carbocycles. The quantitative estimate of drug-likeness (QED) is 0.481. The Morgan fingerprint density at radius 1 is 1.07 bits per heavy atom. The van der Waals surface area contributed by atoms with E-state index in [2.05, 4.69) is 52.0 Å². The second-order valence-corrected chi connectivity index (χ2v) is 10.1. The molecule has 0 aliphatic rings. The van der Waals surface area contributed by atoms with Crippen molar-refractivity contribution < 1.29 is 0 Å². The van der Waals surface area contributed by atoms with Crippen LogP contribution in [0, 0.1) is 0 Å². The molecule has 15 heavy (non-hydrogen) atoms. The van der Waals surface area contributed by atoms with Gasteiger partial charge >= 0.3 is 0 Å². The maximum atomic E-state index is 5.81. The van der Waals surface area contributed by atoms with Crippen LogP contribution in [-0.2, 0) is 0 Å². The standard InChI is InChI=1S/C10H22Cl2N2Si/c1-9(2,3)13-14(10(4,5)6)7-8-15(11)12/h7-8,13,15H,1-6H3. The van der Waals surface area contributed by atoms with E-state index >= 15 is 0 Å². The highest BCUT2D eigenvalue weighted by atomic mass is 35.7. The van der Waals surface area contributed by atoms with Crippen LogP contribution in [0.5, 0.6) is 0 Å². The third-order valence-corrected chi connectivity index (χ3v) is 2.90. The van der Waals surface area contributed by atoms with E-state index in [1.165, 1.54) is 0 Å². The van der Waals surface area contributed by atoms with Crippen molar-refractivity contribution in [1.29, 1.82) is 0 Å². The van der Waals surface area contributed by atoms with E-state index in [1.54, 1.807) is 0 Å². The molecule has 0 aromatic rings. The predicted molar refractivity (Wildman–Crippen MR) is 72.5 cm³/mol. The third kappa shape index (κ3) is 8.14. The lowest BCUT2D eigenvalue weighted by Gasteiger charge is -2.40. The molecule has 90 valence electrons. The second kappa shape index (κ2) is 5.57. The van der Waals surface area contributed by atoms with Crippen LogP contribution in [0.3, 0.4) is 0 Å². The molecule has 0 aromatic heterocycles. The summed E-state index contributed by atoms with van der Waals surface area (Å²) in [4.78, 5) is 0. The van der Waals surface area contributed by atoms with Crippen molar-refractivity contribution in [3.63, 3.8) is 0 Å². The molecule has 0 saturated heterocycles. The minimum Gasteiger partial charge on any atom is -0.311 e. The topological polar surface area (TPSA) is 15.3 Å². The van der Waals surface area contributed by atoms with Gasteiger partial charge in [-0.3, -0.25) is 0 Å². The molecule has 0 spiro atoms. The average molecular weight is 269 g/mol. The molecular formula is C10H22Cl2N2Si. The van der Waals surface area contributed by atoms with Gasteiger partial charge in [0.05, 0.1) is 0 Å². The fraction of sp³-hybridized carbons (Fsp3) is 0.800. The predicted octanol–water partition coefficient (Wildman–Crippen LogP) is 3.14. The summed E-state index contributed by atoms with van der Waals surface area (Å²) in [5.41, 5.74) is 5.31. The molecule has 0 atom stereocenters. The zero-order valence-electron chi connectivity index (χ0n) is 10.4. The van der Waals surface area contributed by atoms with Crippen molar-refractivity contribution in [3.8, 4) is 0 Å². The monoisotopic (exact) mass is 268 g/mol. The molecule has 0 radical (unpaired) electrons. The van der Waals surface area contributed by atoms with Gasteiger partial charge in [0.25, 0.3) is 7.42 Å². The molecule has 0 unspecified atom stereocenters. The maximum absolute atomic E-state index is 5.81. The molecule has 0 aromatic carbocycles. The van der Waals surface area contributed by atoms with Gasteiger partial charge in [-0.25, -0.2) is 5.43 Å². The SMILES string of the molecule is CC(C)(C)NN(C=C[SiH](Cl)Cl)C(C)(C)C. The van der Waals surface area contributed by atoms with Crippen molar-refractivity contribution in [2.24, 2.45) is 0 Å². The fourth-order valence-corrected chi connectivity index (χ4v) is 1.63. The first-order chi connectivity index (χ1) is 6.52. The molecule has 0 amide bonds. The van der Waals surface area contributed by atoms with Crippen LogP contribution in [0.1, 0.15) is 41.5 Å². The minimum absolute atomic E-state index is 0.000841. The van der Waals surface area contributed by atoms with E-state index in [0.29, 0.717) is 0 Å². The maximum Gasteiger partial charge on any atom is 0.261 e. The molecule has 0 heterocycles. The van der Waals surface area contributed by atoms with Crippen molar-refractivity contribution >= 4 is 29.6 Å². The lowest BCUT2D eigenvalue weighted by molar-refractivity contribution is 0.0899. The molecule has 2 nitrogen and oxygen atoms in total. The Morgan fingerprint density at radius 2 is 1.53 bits per heavy atom. The van der Waals surface area contributed by atoms with E-state index in [9.17, 15) is 0 Å². The smallest absolute Gasteiger partial charge is 0.261 e. The Bertz CT molecular complexity index is 216. The largest absolute Gasteiger partial charge is 0.311 e. The second-order valence-electron chi connectivity index (χ2n) is 5.58. The first kappa shape index (κ1) is 15.3. The lowest BCUT2D eigenvalue weighted by Crippen LogP contribution is -2.54. The van der Waals surface area contributed by atoms with Crippen molar-refractivity contribution in [2.75, 3.05) is 0 Å². The lowest BCUT2D eigenvalue weighted by atomic mass is 10.1. The van der Waals surface area contributed by atoms with Crippen molar-refractivity contribution in [2.45, 2.75) is 52.6 Å². The third-order valence-electron chi connectivity index (χ3n) is 1.56. The number of hydrogen-bond acceptors (Lipinski definition) is 2. The molecular weight excluding hydrogens is 247 g/mol. The summed E-state index contributed by atoms with van der Waals surface area (Å²) in [6.45, 7) is 12.8. The van der Waals surface area contributed by atoms with E-state index < -0.39 is 7.42 Å². The first-order valence-corrected chi connectivity index (χ1v) is 9.22. The zero-order valence-corrected chi connectivity index (χ0v) is 13.1. The number of halogens is 2. The van der Waals surface area contributed by atoms with Gasteiger partial charge in [0, 0.05) is 17.3 Å². The van der Waals surface area contributed by atoms with Crippen molar-refractivity contribution in [3.05, 3.63) is 11.9 Å². The van der Waals surface area contributed by atoms with Crippen LogP contribution in [0.2, 0.25) is 0 Å². The van der Waals surface area contributed by atoms with Gasteiger partial charge in [-0.1, -0.05) is 5.70 Å². The Balaban J connectivity index is 4.62. The number of hydrogen-bond donors (Lipinski definition) is 1. The Hall–Kier alpha value is 0.297. The zero-order chi connectivity index (χ0) is 12.3. The molecule has 0 fully saturated rings. The molecule has 0 bridgehead atoms. The van der Waals surface area contributed by atoms with Crippen LogP contribution < -0.4 is 5.43 Å². The molecule has 0 aliphatic carbocycles. The van der Waals surface area contributed by atoms with E-state index in [1.807, 2.05) is 11.9 Å². The van der Waals surface area contributed by atoms with Crippen LogP contribution in [0.25, 0.3) is 0 Å². The van der Waals surface area contributed by atoms with E-state index in [-0.39, 0.29) is 11.1 Å². The number of hydrazine groups is 1. The fourth-order valence-electron chi connectivity index (χ4n) is 0.941. The number of nitrogens with one attached hydrogen (secondary N) is 1. The normalized spacial score (nSPS) is 13.9. The van der Waals surface area contributed by atoms with E-state index in [4.69, 9.17) is 22.2 Å². The van der Waals surface area contributed by atoms with Gasteiger partial charge in [-0.15, -0.1) is 22.2 Å². The summed E-state index contributed by atoms with van der Waals surface area (Å²) < 4.78 is 0. The summed E-state index contributed by atoms with van der Waals surface area (Å²) in [5, 5.41) is 2.05. The highest BCUT2D eigenvalue weighted by molar-refractivity contribution is 7.36. The highest BCUT2D eigenvalue weighted by Gasteiger charge is 2.22. The van der Waals surface area contributed by atoms with Gasteiger partial charge in [0.2, 0.25) is 0 Å². The van der Waals surface area contributed by atoms with Crippen LogP contribution in [0.15, 0.2) is 11.9 Å². The van der Waals surface area contributed by atoms with Crippen LogP contribution in [-0.4, -0.2) is 23.5 Å². The Morgan fingerprint density at radius 3 is 1.80 bits per heavy atom. The molecule has 1 N–H and O–H groups in total. The van der Waals surface area contributed by atoms with Gasteiger partial charge < -0.3 is 5.01 Å². The van der Waals surface area contributed by atoms with Gasteiger partial charge in [0.1, 0.15) is 0 Å². The van der Waals surface area contributed by atoms with Crippen LogP contribution in [0.4, 0.5) is 0 Å². The average Bonchev–Trinajstić information content (AvgIpc) is 1.93. The van der Waals surface area contributed by atoms with Gasteiger partial charge in [-0.05, 0) is 41.5 Å². The number of rotatable bonds is 3. The van der Waals surface area contributed by atoms with Gasteiger partial charge in [0.15, 0.2) is 0 Å². The molecule has 0 rings (SSSR count). The summed E-state index contributed by atoms with van der Waals surface area (Å²) >= 11 is 11.6. The van der Waals surface area contributed by atoms with E-state index in [0.717, 1.165) is 0 Å². The van der Waals surface area contributed by atoms with Crippen molar-refractivity contribution in [1.82, 2.24) is 10.4 Å². The molecule has 5 heteroatoms. The first-order valence-electron chi connectivity index (χ1n) is 5.06.